The second-order valence-electron chi connectivity index (χ2n) is 24.6. The lowest BCUT2D eigenvalue weighted by Gasteiger charge is -2.52. The van der Waals surface area contributed by atoms with Crippen molar-refractivity contribution in [2.45, 2.75) is 171 Å². The first-order valence-electron chi connectivity index (χ1n) is 30.5. The van der Waals surface area contributed by atoms with Crippen molar-refractivity contribution in [3.63, 3.8) is 0 Å². The molecule has 5 amide bonds. The Balaban J connectivity index is 1.70. The summed E-state index contributed by atoms with van der Waals surface area (Å²) in [7, 11) is -13.4. The molecule has 0 radical (unpaired) electrons. The van der Waals surface area contributed by atoms with Gasteiger partial charge < -0.3 is 56.3 Å². The van der Waals surface area contributed by atoms with Crippen molar-refractivity contribution >= 4 is 80.4 Å². The van der Waals surface area contributed by atoms with Crippen LogP contribution in [0, 0.1) is 0 Å². The lowest BCUT2D eigenvalue weighted by Crippen LogP contribution is -2.47. The number of nitrogens with one attached hydrogen (secondary N) is 5. The Labute approximate surface area is 524 Å². The highest BCUT2D eigenvalue weighted by Gasteiger charge is 2.48. The second-order valence-corrected chi connectivity index (χ2v) is 35.3. The first-order chi connectivity index (χ1) is 41.6. The van der Waals surface area contributed by atoms with Gasteiger partial charge in [-0.05, 0) is 104 Å². The largest absolute Gasteiger partial charge is 0.481 e. The minimum absolute atomic E-state index is 0.0198. The topological polar surface area (TPSA) is 390 Å². The van der Waals surface area contributed by atoms with E-state index in [4.69, 9.17) is 10.2 Å². The Morgan fingerprint density at radius 2 is 1.17 bits per heavy atom. The van der Waals surface area contributed by atoms with Crippen molar-refractivity contribution in [1.82, 2.24) is 56.3 Å². The molecule has 5 unspecified atom stereocenters. The van der Waals surface area contributed by atoms with Crippen LogP contribution < -0.4 is 26.6 Å². The van der Waals surface area contributed by atoms with Crippen molar-refractivity contribution < 1.29 is 81.0 Å². The van der Waals surface area contributed by atoms with Gasteiger partial charge in [0, 0.05) is 123 Å². The van der Waals surface area contributed by atoms with E-state index in [-0.39, 0.29) is 113 Å². The van der Waals surface area contributed by atoms with Crippen molar-refractivity contribution in [3.8, 4) is 0 Å². The highest BCUT2D eigenvalue weighted by Crippen LogP contribution is 2.74. The molecule has 5 atom stereocenters. The average Bonchev–Trinajstić information content (AvgIpc) is 1.55. The molecule has 1 aromatic heterocycles. The molecule has 0 saturated carbocycles. The number of aliphatic carboxylic acids is 3. The molecule has 2 heterocycles. The summed E-state index contributed by atoms with van der Waals surface area (Å²) in [6, 6.07) is 3.33. The Hall–Kier alpha value is -5.11. The number of carbonyl (C=O) groups is 8. The molecule has 32 heteroatoms. The van der Waals surface area contributed by atoms with Gasteiger partial charge in [0.05, 0.1) is 46.0 Å². The van der Waals surface area contributed by atoms with Gasteiger partial charge in [0.1, 0.15) is 17.8 Å². The lowest BCUT2D eigenvalue weighted by molar-refractivity contribution is -0.142. The van der Waals surface area contributed by atoms with Crippen molar-refractivity contribution in [3.05, 3.63) is 41.7 Å². The smallest absolute Gasteiger partial charge is 0.326 e. The summed E-state index contributed by atoms with van der Waals surface area (Å²) in [4.78, 5) is 128. The van der Waals surface area contributed by atoms with Crippen LogP contribution in [0.15, 0.2) is 35.4 Å². The Morgan fingerprint density at radius 3 is 1.67 bits per heavy atom. The summed E-state index contributed by atoms with van der Waals surface area (Å²) in [5, 5.41) is 50.1. The minimum atomic E-state index is -4.09. The van der Waals surface area contributed by atoms with Crippen LogP contribution in [0.5, 0.6) is 0 Å². The normalized spacial score (nSPS) is 16.6. The average molecular weight is 1340 g/mol. The quantitative estimate of drug-likeness (QED) is 0.0276. The number of halogens is 1. The molecule has 1 fully saturated rings. The van der Waals surface area contributed by atoms with Gasteiger partial charge >= 0.3 is 17.9 Å². The zero-order valence-electron chi connectivity index (χ0n) is 52.8. The molecule has 1 aliphatic heterocycles. The highest BCUT2D eigenvalue weighted by atomic mass is 32.3. The van der Waals surface area contributed by atoms with Gasteiger partial charge in [0.25, 0.3) is 5.91 Å². The maximum atomic E-state index is 17.0. The van der Waals surface area contributed by atoms with Gasteiger partial charge in [-0.2, -0.15) is 3.89 Å². The third-order valence-corrected chi connectivity index (χ3v) is 24.4. The maximum absolute atomic E-state index is 17.0. The number of carboxylic acid groups (broad SMARTS) is 3. The number of unbranched alkanes of at least 4 members (excludes halogenated alkanes) is 5. The third-order valence-electron chi connectivity index (χ3n) is 14.9. The van der Waals surface area contributed by atoms with E-state index in [0.29, 0.717) is 43.5 Å². The molecule has 0 spiro atoms. The molecular weight excluding hydrogens is 1240 g/mol. The van der Waals surface area contributed by atoms with Crippen LogP contribution in [-0.2, 0) is 53.8 Å². The molecule has 0 bridgehead atoms. The van der Waals surface area contributed by atoms with Crippen LogP contribution in [-0.4, -0.2) is 214 Å². The number of aromatic nitrogens is 3. The van der Waals surface area contributed by atoms with Gasteiger partial charge in [0.15, 0.2) is 0 Å². The fourth-order valence-corrected chi connectivity index (χ4v) is 18.5. The molecule has 89 heavy (non-hydrogen) atoms. The van der Waals surface area contributed by atoms with E-state index in [9.17, 15) is 66.9 Å². The molecule has 2 aromatic rings. The monoisotopic (exact) mass is 1340 g/mol. The summed E-state index contributed by atoms with van der Waals surface area (Å²) in [6.45, 7) is 14.5. The van der Waals surface area contributed by atoms with Crippen LogP contribution in [0.4, 0.5) is 3.89 Å². The predicted octanol–water partition coefficient (Wildman–Crippen LogP) is 5.86. The third kappa shape index (κ3) is 29.4. The molecule has 1 aromatic carbocycles. The Kier molecular flexibility index (Phi) is 33.4. The van der Waals surface area contributed by atoms with Gasteiger partial charge in [-0.3, -0.25) is 57.4 Å². The Morgan fingerprint density at radius 1 is 0.663 bits per heavy atom. The zero-order chi connectivity index (χ0) is 66.6. The van der Waals surface area contributed by atoms with Crippen LogP contribution in [0.3, 0.4) is 0 Å². The Bertz CT molecular complexity index is 2760. The first kappa shape index (κ1) is 78.1. The SMILES string of the molecule is CCCCNC(=O)CCCCCCC(=O)NCCCCC(NC(=O)C(CNC(=O)c1ccc(S(F)(C(C)(C)C)C(C)(C)C)cc1)n1cc(CNC(=O)CCP(=O)(O)CN2CCN(C[PH](=O)CCC(=O)O)CCN(CP(=O)(O)CCC(=O)O)CC2)nn1)C(=O)O. The molecule has 3 rings (SSSR count). The first-order valence-corrected chi connectivity index (χ1v) is 37.9. The fourth-order valence-electron chi connectivity index (χ4n) is 10.1. The molecule has 0 aliphatic carbocycles. The standard InChI is InChI=1S/C57H99FN11O16P3S/c1-8-9-26-59-48(70)17-12-10-11-13-18-49(71)60-27-15-14-16-46(55(79)80)63-54(78)47(38-62-53(77)43-19-21-45(22-20-43)89(58,56(2,3)4)57(5,6)7)69-39-44(64-65-69)37-61-50(72)24-35-87(82,83)41-67-30-28-66(40-86(81)34-23-51(73)74)29-31-68(33-32-67)42-88(84,85)36-25-52(75)76/h19-22,39,46-47,86H,8-18,23-38,40-42H2,1-7H3,(H,59,70)(H,60,71)(H,61,72)(H,62,77)(H,63,78)(H,73,74)(H,75,76)(H,79,80)(H,82,83)(H,84,85). The number of nitrogens with zero attached hydrogens (tertiary/aromatic N) is 6. The number of rotatable bonds is 40. The number of hydrogen-bond acceptors (Lipinski definition) is 16. The maximum Gasteiger partial charge on any atom is 0.326 e. The van der Waals surface area contributed by atoms with Crippen LogP contribution >= 0.6 is 33.0 Å². The van der Waals surface area contributed by atoms with Gasteiger partial charge in [-0.1, -0.05) is 41.8 Å². The van der Waals surface area contributed by atoms with Gasteiger partial charge in [-0.25, -0.2) is 9.48 Å². The van der Waals surface area contributed by atoms with E-state index < -0.39 is 122 Å². The molecule has 1 saturated heterocycles. The van der Waals surface area contributed by atoms with E-state index in [0.717, 1.165) is 36.8 Å². The number of carbonyl (C=O) groups excluding carboxylic acids is 5. The molecule has 27 nitrogen and oxygen atoms in total. The van der Waals surface area contributed by atoms with Crippen molar-refractivity contribution in [2.75, 3.05) is 96.2 Å². The highest BCUT2D eigenvalue weighted by molar-refractivity contribution is 8.31. The molecule has 1 aliphatic rings. The van der Waals surface area contributed by atoms with E-state index in [1.54, 1.807) is 26.8 Å². The summed E-state index contributed by atoms with van der Waals surface area (Å²) < 4.78 is 56.2. The minimum Gasteiger partial charge on any atom is -0.481 e. The van der Waals surface area contributed by atoms with E-state index in [1.165, 1.54) is 18.3 Å². The van der Waals surface area contributed by atoms with E-state index in [2.05, 4.69) is 43.8 Å². The van der Waals surface area contributed by atoms with Crippen LogP contribution in [0.25, 0.3) is 0 Å². The summed E-state index contributed by atoms with van der Waals surface area (Å²) in [6.07, 6.45) is 4.76. The van der Waals surface area contributed by atoms with Gasteiger partial charge in [-0.15, -0.1) is 5.10 Å². The van der Waals surface area contributed by atoms with Crippen LogP contribution in [0.1, 0.15) is 160 Å². The predicted molar refractivity (Wildman–Crippen MR) is 340 cm³/mol. The number of carboxylic acids is 3. The number of amides is 5. The summed E-state index contributed by atoms with van der Waals surface area (Å²) in [5.41, 5.74) is 0.269. The van der Waals surface area contributed by atoms with E-state index >= 15 is 3.89 Å². The second kappa shape index (κ2) is 38.0. The zero-order valence-corrected chi connectivity index (χ0v) is 56.5. The van der Waals surface area contributed by atoms with Crippen molar-refractivity contribution in [2.24, 2.45) is 0 Å². The van der Waals surface area contributed by atoms with E-state index in [1.807, 2.05) is 41.5 Å². The van der Waals surface area contributed by atoms with Crippen molar-refractivity contribution in [1.29, 1.82) is 0 Å². The number of benzene rings is 1. The lowest BCUT2D eigenvalue weighted by atomic mass is 10.1. The van der Waals surface area contributed by atoms with Crippen LogP contribution in [0.2, 0.25) is 0 Å². The number of hydrogen-bond donors (Lipinski definition) is 10. The summed E-state index contributed by atoms with van der Waals surface area (Å²) >= 11 is 0. The fraction of sp³-hybridized carbons (Fsp3) is 0.719. The van der Waals surface area contributed by atoms with Gasteiger partial charge in [0.2, 0.25) is 38.4 Å². The summed E-state index contributed by atoms with van der Waals surface area (Å²) in [5.74, 6) is -5.95. The molecule has 10 N–H and O–H groups in total. The molecular formula is C57H99FN11O16P3S. The molecule has 506 valence electrons.